The fourth-order valence-electron chi connectivity index (χ4n) is 3.31. The Morgan fingerprint density at radius 2 is 1.92 bits per heavy atom. The Morgan fingerprint density at radius 3 is 2.65 bits per heavy atom. The molecule has 4 rings (SSSR count). The molecule has 1 heterocycles. The van der Waals surface area contributed by atoms with Gasteiger partial charge in [0.15, 0.2) is 0 Å². The molecule has 1 aliphatic heterocycles. The normalized spacial score (nSPS) is 16.9. The van der Waals surface area contributed by atoms with Crippen LogP contribution >= 0.6 is 0 Å². The van der Waals surface area contributed by atoms with Crippen LogP contribution in [0.5, 0.6) is 0 Å². The fraction of sp³-hybridized carbons (Fsp3) is 0.316. The van der Waals surface area contributed by atoms with Crippen molar-refractivity contribution in [1.29, 1.82) is 0 Å². The highest BCUT2D eigenvalue weighted by molar-refractivity contribution is 7.92. The lowest BCUT2D eigenvalue weighted by molar-refractivity contribution is -0.119. The number of sulfonamides is 1. The second-order valence-electron chi connectivity index (χ2n) is 6.75. The summed E-state index contributed by atoms with van der Waals surface area (Å²) < 4.78 is 41.1. The summed E-state index contributed by atoms with van der Waals surface area (Å²) in [7, 11) is -4.01. The predicted molar refractivity (Wildman–Crippen MR) is 97.0 cm³/mol. The molecule has 1 amide bonds. The molecule has 0 saturated heterocycles. The summed E-state index contributed by atoms with van der Waals surface area (Å²) >= 11 is 0. The van der Waals surface area contributed by atoms with Crippen molar-refractivity contribution in [3.63, 3.8) is 0 Å². The second-order valence-corrected chi connectivity index (χ2v) is 8.40. The molecule has 0 unspecified atom stereocenters. The molecule has 0 aromatic heterocycles. The number of carbonyl (C=O) groups is 1. The van der Waals surface area contributed by atoms with Crippen molar-refractivity contribution in [3.05, 3.63) is 53.8 Å². The van der Waals surface area contributed by atoms with Crippen LogP contribution in [-0.4, -0.2) is 20.9 Å². The van der Waals surface area contributed by atoms with E-state index >= 15 is 0 Å². The Labute approximate surface area is 151 Å². The predicted octanol–water partition coefficient (Wildman–Crippen LogP) is 3.32. The maximum absolute atomic E-state index is 13.8. The van der Waals surface area contributed by atoms with Crippen molar-refractivity contribution in [2.24, 2.45) is 5.92 Å². The Bertz CT molecular complexity index is 970. The number of benzene rings is 2. The zero-order chi connectivity index (χ0) is 18.3. The summed E-state index contributed by atoms with van der Waals surface area (Å²) in [5, 5.41) is 0. The van der Waals surface area contributed by atoms with Gasteiger partial charge in [-0.1, -0.05) is 12.1 Å². The van der Waals surface area contributed by atoms with Crippen molar-refractivity contribution in [2.75, 3.05) is 16.2 Å². The molecule has 2 aromatic carbocycles. The molecule has 136 valence electrons. The molecule has 26 heavy (non-hydrogen) atoms. The van der Waals surface area contributed by atoms with E-state index in [9.17, 15) is 17.6 Å². The van der Waals surface area contributed by atoms with Gasteiger partial charge in [-0.3, -0.25) is 9.52 Å². The highest BCUT2D eigenvalue weighted by Crippen LogP contribution is 2.36. The number of anilines is 2. The molecule has 2 aromatic rings. The summed E-state index contributed by atoms with van der Waals surface area (Å²) in [6.45, 7) is 0.697. The summed E-state index contributed by atoms with van der Waals surface area (Å²) in [5.74, 6) is -0.495. The van der Waals surface area contributed by atoms with E-state index in [2.05, 4.69) is 4.72 Å². The molecule has 0 radical (unpaired) electrons. The first-order valence-corrected chi connectivity index (χ1v) is 10.2. The van der Waals surface area contributed by atoms with Gasteiger partial charge in [0.25, 0.3) is 10.0 Å². The number of fused-ring (bicyclic) bond motifs is 1. The standard InChI is InChI=1S/C19H19FN2O3S/c20-16-5-1-2-6-18(16)26(24,25)21-15-9-10-17-14(12-15)4-3-11-22(17)19(23)13-7-8-13/h1-2,5-6,9-10,12-13,21H,3-4,7-8,11H2. The zero-order valence-electron chi connectivity index (χ0n) is 14.1. The third-order valence-corrected chi connectivity index (χ3v) is 6.18. The molecule has 1 fully saturated rings. The number of hydrogen-bond donors (Lipinski definition) is 1. The lowest BCUT2D eigenvalue weighted by atomic mass is 10.0. The summed E-state index contributed by atoms with van der Waals surface area (Å²) in [5.41, 5.74) is 2.15. The van der Waals surface area contributed by atoms with Gasteiger partial charge in [-0.15, -0.1) is 0 Å². The molecule has 1 aliphatic carbocycles. The van der Waals surface area contributed by atoms with Crippen molar-refractivity contribution in [3.8, 4) is 0 Å². The van der Waals surface area contributed by atoms with Crippen LogP contribution in [0.1, 0.15) is 24.8 Å². The maximum atomic E-state index is 13.8. The largest absolute Gasteiger partial charge is 0.312 e. The fourth-order valence-corrected chi connectivity index (χ4v) is 4.44. The van der Waals surface area contributed by atoms with E-state index in [1.807, 2.05) is 4.90 Å². The number of halogens is 1. The van der Waals surface area contributed by atoms with Gasteiger partial charge in [-0.25, -0.2) is 12.8 Å². The Morgan fingerprint density at radius 1 is 1.15 bits per heavy atom. The molecule has 0 bridgehead atoms. The average Bonchev–Trinajstić information content (AvgIpc) is 3.45. The number of aryl methyl sites for hydroxylation is 1. The molecule has 7 heteroatoms. The molecule has 0 spiro atoms. The number of amides is 1. The minimum absolute atomic E-state index is 0.139. The van der Waals surface area contributed by atoms with Gasteiger partial charge in [0.1, 0.15) is 10.7 Å². The van der Waals surface area contributed by atoms with Crippen LogP contribution in [0.4, 0.5) is 15.8 Å². The number of hydrogen-bond acceptors (Lipinski definition) is 3. The molecule has 0 atom stereocenters. The zero-order valence-corrected chi connectivity index (χ0v) is 14.9. The third kappa shape index (κ3) is 3.19. The van der Waals surface area contributed by atoms with Crippen LogP contribution in [0.25, 0.3) is 0 Å². The smallest absolute Gasteiger partial charge is 0.264 e. The molecule has 1 N–H and O–H groups in total. The van der Waals surface area contributed by atoms with Gasteiger partial charge in [-0.05, 0) is 61.6 Å². The van der Waals surface area contributed by atoms with E-state index in [1.54, 1.807) is 18.2 Å². The molecule has 1 saturated carbocycles. The van der Waals surface area contributed by atoms with Gasteiger partial charge in [-0.2, -0.15) is 0 Å². The van der Waals surface area contributed by atoms with Crippen molar-refractivity contribution in [1.82, 2.24) is 0 Å². The van der Waals surface area contributed by atoms with Crippen molar-refractivity contribution in [2.45, 2.75) is 30.6 Å². The Hall–Kier alpha value is -2.41. The number of nitrogens with zero attached hydrogens (tertiary/aromatic N) is 1. The summed E-state index contributed by atoms with van der Waals surface area (Å²) in [6, 6.07) is 10.4. The van der Waals surface area contributed by atoms with Crippen LogP contribution in [0.3, 0.4) is 0 Å². The maximum Gasteiger partial charge on any atom is 0.264 e. The highest BCUT2D eigenvalue weighted by atomic mass is 32.2. The van der Waals surface area contributed by atoms with Gasteiger partial charge in [0.2, 0.25) is 5.91 Å². The van der Waals surface area contributed by atoms with Crippen molar-refractivity contribution >= 4 is 27.3 Å². The monoisotopic (exact) mass is 374 g/mol. The molecule has 2 aliphatic rings. The average molecular weight is 374 g/mol. The highest BCUT2D eigenvalue weighted by Gasteiger charge is 2.35. The van der Waals surface area contributed by atoms with Crippen LogP contribution < -0.4 is 9.62 Å². The van der Waals surface area contributed by atoms with E-state index < -0.39 is 15.8 Å². The minimum Gasteiger partial charge on any atom is -0.312 e. The topological polar surface area (TPSA) is 66.5 Å². The number of nitrogens with one attached hydrogen (secondary N) is 1. The first-order chi connectivity index (χ1) is 12.5. The SMILES string of the molecule is O=C(C1CC1)N1CCCc2cc(NS(=O)(=O)c3ccccc3F)ccc21. The summed E-state index contributed by atoms with van der Waals surface area (Å²) in [6.07, 6.45) is 3.52. The van der Waals surface area contributed by atoms with Crippen LogP contribution in [0.15, 0.2) is 47.4 Å². The van der Waals surface area contributed by atoms with Crippen LogP contribution in [0, 0.1) is 11.7 Å². The second kappa shape index (κ2) is 6.39. The first kappa shape index (κ1) is 17.0. The van der Waals surface area contributed by atoms with Crippen LogP contribution in [0.2, 0.25) is 0 Å². The minimum atomic E-state index is -4.01. The van der Waals surface area contributed by atoms with E-state index in [4.69, 9.17) is 0 Å². The number of rotatable bonds is 4. The third-order valence-electron chi connectivity index (χ3n) is 4.77. The first-order valence-electron chi connectivity index (χ1n) is 8.67. The lowest BCUT2D eigenvalue weighted by Crippen LogP contribution is -2.36. The van der Waals surface area contributed by atoms with Gasteiger partial charge < -0.3 is 4.90 Å². The van der Waals surface area contributed by atoms with Gasteiger partial charge >= 0.3 is 0 Å². The molecular weight excluding hydrogens is 355 g/mol. The van der Waals surface area contributed by atoms with E-state index in [1.165, 1.54) is 18.2 Å². The van der Waals surface area contributed by atoms with Gasteiger partial charge in [0, 0.05) is 23.8 Å². The quantitative estimate of drug-likeness (QED) is 0.893. The van der Waals surface area contributed by atoms with E-state index in [0.717, 1.165) is 43.0 Å². The van der Waals surface area contributed by atoms with Crippen LogP contribution in [-0.2, 0) is 21.2 Å². The van der Waals surface area contributed by atoms with Gasteiger partial charge in [0.05, 0.1) is 0 Å². The summed E-state index contributed by atoms with van der Waals surface area (Å²) in [4.78, 5) is 13.9. The van der Waals surface area contributed by atoms with Crippen molar-refractivity contribution < 1.29 is 17.6 Å². The molecule has 5 nitrogen and oxygen atoms in total. The van der Waals surface area contributed by atoms with E-state index in [-0.39, 0.29) is 16.7 Å². The molecular formula is C19H19FN2O3S. The Kier molecular flexibility index (Phi) is 4.19. The Balaban J connectivity index is 1.61. The number of carbonyl (C=O) groups excluding carboxylic acids is 1. The van der Waals surface area contributed by atoms with E-state index in [0.29, 0.717) is 12.2 Å². The lowest BCUT2D eigenvalue weighted by Gasteiger charge is -2.30.